The van der Waals surface area contributed by atoms with Gasteiger partial charge in [0.05, 0.1) is 19.7 Å². The molecule has 0 bridgehead atoms. The highest BCUT2D eigenvalue weighted by molar-refractivity contribution is 5.99. The molecule has 1 unspecified atom stereocenters. The first kappa shape index (κ1) is 15.3. The lowest BCUT2D eigenvalue weighted by Gasteiger charge is -2.23. The molecule has 0 aliphatic carbocycles. The predicted octanol–water partition coefficient (Wildman–Crippen LogP) is 2.13. The molecule has 0 amide bonds. The van der Waals surface area contributed by atoms with Crippen molar-refractivity contribution in [1.29, 1.82) is 0 Å². The van der Waals surface area contributed by atoms with Crippen molar-refractivity contribution >= 4 is 5.78 Å². The summed E-state index contributed by atoms with van der Waals surface area (Å²) in [4.78, 5) is 18.8. The topological polar surface area (TPSA) is 47.4 Å². The number of hydrogen-bond donors (Lipinski definition) is 0. The molecule has 0 N–H and O–H groups in total. The molecule has 1 heterocycles. The molecule has 2 aromatic rings. The van der Waals surface area contributed by atoms with Crippen molar-refractivity contribution in [1.82, 2.24) is 14.5 Å². The van der Waals surface area contributed by atoms with E-state index in [0.717, 1.165) is 11.6 Å². The number of likely N-dealkylation sites (N-methyl/N-ethyl adjacent to an activating group) is 1. The second kappa shape index (κ2) is 6.54. The van der Waals surface area contributed by atoms with Gasteiger partial charge in [0, 0.05) is 25.0 Å². The van der Waals surface area contributed by atoms with E-state index in [-0.39, 0.29) is 11.8 Å². The van der Waals surface area contributed by atoms with Crippen molar-refractivity contribution in [2.45, 2.75) is 19.5 Å². The molecule has 112 valence electrons. The minimum absolute atomic E-state index is 0.0920. The molecule has 1 aromatic heterocycles. The standard InChI is InChI=1S/C16H21N3O2/c1-12(19(3)11-15-17-9-10-18(15)2)16(20)13-5-7-14(21-4)8-6-13/h5-10,12H,11H2,1-4H3. The highest BCUT2D eigenvalue weighted by Gasteiger charge is 2.20. The number of nitrogens with zero attached hydrogens (tertiary/aromatic N) is 3. The first-order chi connectivity index (χ1) is 10.0. The van der Waals surface area contributed by atoms with Crippen molar-refractivity contribution in [2.75, 3.05) is 14.2 Å². The van der Waals surface area contributed by atoms with Gasteiger partial charge in [0.1, 0.15) is 11.6 Å². The third-order valence-electron chi connectivity index (χ3n) is 3.73. The van der Waals surface area contributed by atoms with Crippen LogP contribution in [0.4, 0.5) is 0 Å². The van der Waals surface area contributed by atoms with Gasteiger partial charge in [0.15, 0.2) is 5.78 Å². The molecule has 0 fully saturated rings. The molecule has 1 atom stereocenters. The van der Waals surface area contributed by atoms with Gasteiger partial charge >= 0.3 is 0 Å². The van der Waals surface area contributed by atoms with E-state index in [1.165, 1.54) is 0 Å². The maximum atomic E-state index is 12.5. The van der Waals surface area contributed by atoms with Crippen LogP contribution in [-0.2, 0) is 13.6 Å². The highest BCUT2D eigenvalue weighted by Crippen LogP contribution is 2.15. The monoisotopic (exact) mass is 287 g/mol. The lowest BCUT2D eigenvalue weighted by molar-refractivity contribution is 0.0859. The first-order valence-corrected chi connectivity index (χ1v) is 6.87. The number of aromatic nitrogens is 2. The number of methoxy groups -OCH3 is 1. The number of ether oxygens (including phenoxy) is 1. The predicted molar refractivity (Wildman–Crippen MR) is 81.5 cm³/mol. The van der Waals surface area contributed by atoms with E-state index >= 15 is 0 Å². The van der Waals surface area contributed by atoms with Crippen LogP contribution >= 0.6 is 0 Å². The van der Waals surface area contributed by atoms with Crippen LogP contribution in [-0.4, -0.2) is 40.4 Å². The Hall–Kier alpha value is -2.14. The Morgan fingerprint density at radius 2 is 2.05 bits per heavy atom. The molecule has 5 nitrogen and oxygen atoms in total. The maximum Gasteiger partial charge on any atom is 0.179 e. The Balaban J connectivity index is 2.05. The number of rotatable bonds is 6. The minimum Gasteiger partial charge on any atom is -0.497 e. The van der Waals surface area contributed by atoms with Gasteiger partial charge in [0.2, 0.25) is 0 Å². The number of hydrogen-bond acceptors (Lipinski definition) is 4. The summed E-state index contributed by atoms with van der Waals surface area (Å²) in [6, 6.07) is 6.99. The molecule has 0 spiro atoms. The number of imidazole rings is 1. The Morgan fingerprint density at radius 3 is 2.57 bits per heavy atom. The average molecular weight is 287 g/mol. The molecule has 0 saturated heterocycles. The molecule has 1 aromatic carbocycles. The van der Waals surface area contributed by atoms with Crippen LogP contribution < -0.4 is 4.74 Å². The van der Waals surface area contributed by atoms with Crippen molar-refractivity contribution in [3.8, 4) is 5.75 Å². The summed E-state index contributed by atoms with van der Waals surface area (Å²) in [6.07, 6.45) is 3.66. The van der Waals surface area contributed by atoms with E-state index in [9.17, 15) is 4.79 Å². The molecule has 5 heteroatoms. The number of benzene rings is 1. The number of ketones is 1. The van der Waals surface area contributed by atoms with Crippen molar-refractivity contribution in [3.05, 3.63) is 48.0 Å². The zero-order chi connectivity index (χ0) is 15.4. The summed E-state index contributed by atoms with van der Waals surface area (Å²) in [5.41, 5.74) is 0.690. The fourth-order valence-corrected chi connectivity index (χ4v) is 2.11. The molecule has 21 heavy (non-hydrogen) atoms. The summed E-state index contributed by atoms with van der Waals surface area (Å²) in [7, 11) is 5.49. The van der Waals surface area contributed by atoms with Crippen LogP contribution in [0.15, 0.2) is 36.7 Å². The van der Waals surface area contributed by atoms with E-state index in [1.807, 2.05) is 36.7 Å². The van der Waals surface area contributed by atoms with Gasteiger partial charge in [-0.05, 0) is 38.2 Å². The summed E-state index contributed by atoms with van der Waals surface area (Å²) in [5, 5.41) is 0. The molecular weight excluding hydrogens is 266 g/mol. The van der Waals surface area contributed by atoms with Gasteiger partial charge in [-0.1, -0.05) is 0 Å². The molecular formula is C16H21N3O2. The number of carbonyl (C=O) groups excluding carboxylic acids is 1. The Kier molecular flexibility index (Phi) is 4.75. The lowest BCUT2D eigenvalue weighted by atomic mass is 10.0. The molecule has 0 saturated carbocycles. The van der Waals surface area contributed by atoms with Gasteiger partial charge in [-0.25, -0.2) is 4.98 Å². The van der Waals surface area contributed by atoms with Crippen LogP contribution in [0.25, 0.3) is 0 Å². The number of Topliss-reactive ketones (excluding diaryl/α,β-unsaturated/α-hetero) is 1. The average Bonchev–Trinajstić information content (AvgIpc) is 2.91. The fraction of sp³-hybridized carbons (Fsp3) is 0.375. The second-order valence-electron chi connectivity index (χ2n) is 5.14. The first-order valence-electron chi connectivity index (χ1n) is 6.87. The highest BCUT2D eigenvalue weighted by atomic mass is 16.5. The van der Waals surface area contributed by atoms with E-state index in [2.05, 4.69) is 4.98 Å². The zero-order valence-electron chi connectivity index (χ0n) is 12.9. The van der Waals surface area contributed by atoms with Gasteiger partial charge < -0.3 is 9.30 Å². The van der Waals surface area contributed by atoms with Crippen molar-refractivity contribution in [2.24, 2.45) is 7.05 Å². The number of carbonyl (C=O) groups is 1. The van der Waals surface area contributed by atoms with E-state index in [1.54, 1.807) is 37.6 Å². The van der Waals surface area contributed by atoms with Crippen LogP contribution in [0.1, 0.15) is 23.1 Å². The Bertz CT molecular complexity index is 604. The Morgan fingerprint density at radius 1 is 1.38 bits per heavy atom. The third-order valence-corrected chi connectivity index (χ3v) is 3.73. The minimum atomic E-state index is -0.213. The number of aryl methyl sites for hydroxylation is 1. The summed E-state index contributed by atoms with van der Waals surface area (Å²) in [5.74, 6) is 1.78. The SMILES string of the molecule is COc1ccc(C(=O)C(C)N(C)Cc2nccn2C)cc1. The van der Waals surface area contributed by atoms with Crippen LogP contribution in [0.3, 0.4) is 0 Å². The smallest absolute Gasteiger partial charge is 0.179 e. The van der Waals surface area contributed by atoms with E-state index in [0.29, 0.717) is 12.1 Å². The fourth-order valence-electron chi connectivity index (χ4n) is 2.11. The third kappa shape index (κ3) is 3.49. The lowest BCUT2D eigenvalue weighted by Crippen LogP contribution is -2.36. The van der Waals surface area contributed by atoms with Gasteiger partial charge in [-0.3, -0.25) is 9.69 Å². The quantitative estimate of drug-likeness (QED) is 0.764. The van der Waals surface area contributed by atoms with Gasteiger partial charge in [0.25, 0.3) is 0 Å². The zero-order valence-corrected chi connectivity index (χ0v) is 12.9. The van der Waals surface area contributed by atoms with Crippen LogP contribution in [0.5, 0.6) is 5.75 Å². The largest absolute Gasteiger partial charge is 0.497 e. The summed E-state index contributed by atoms with van der Waals surface area (Å²) < 4.78 is 7.07. The maximum absolute atomic E-state index is 12.5. The molecule has 0 radical (unpaired) electrons. The molecule has 0 aliphatic heterocycles. The van der Waals surface area contributed by atoms with E-state index in [4.69, 9.17) is 4.74 Å². The second-order valence-corrected chi connectivity index (χ2v) is 5.14. The summed E-state index contributed by atoms with van der Waals surface area (Å²) in [6.45, 7) is 2.54. The van der Waals surface area contributed by atoms with Crippen molar-refractivity contribution in [3.63, 3.8) is 0 Å². The van der Waals surface area contributed by atoms with Gasteiger partial charge in [-0.15, -0.1) is 0 Å². The van der Waals surface area contributed by atoms with Crippen LogP contribution in [0.2, 0.25) is 0 Å². The Labute approximate surface area is 125 Å². The van der Waals surface area contributed by atoms with Crippen molar-refractivity contribution < 1.29 is 9.53 Å². The molecule has 2 rings (SSSR count). The van der Waals surface area contributed by atoms with Gasteiger partial charge in [-0.2, -0.15) is 0 Å². The molecule has 0 aliphatic rings. The van der Waals surface area contributed by atoms with Crippen LogP contribution in [0, 0.1) is 0 Å². The summed E-state index contributed by atoms with van der Waals surface area (Å²) >= 11 is 0. The van der Waals surface area contributed by atoms with E-state index < -0.39 is 0 Å². The normalized spacial score (nSPS) is 12.4.